The van der Waals surface area contributed by atoms with Crippen molar-refractivity contribution in [2.45, 2.75) is 6.92 Å². The number of aromatic amines is 1. The van der Waals surface area contributed by atoms with Crippen molar-refractivity contribution < 1.29 is 0 Å². The van der Waals surface area contributed by atoms with Gasteiger partial charge in [0.25, 0.3) is 5.56 Å². The Hall–Kier alpha value is -1.94. The fourth-order valence-electron chi connectivity index (χ4n) is 1.77. The fourth-order valence-corrected chi connectivity index (χ4v) is 2.48. The van der Waals surface area contributed by atoms with Gasteiger partial charge in [-0.25, -0.2) is 4.98 Å². The monoisotopic (exact) mass is 242 g/mol. The van der Waals surface area contributed by atoms with Crippen molar-refractivity contribution in [3.63, 3.8) is 0 Å². The molecule has 0 unspecified atom stereocenters. The zero-order valence-electron chi connectivity index (χ0n) is 9.23. The molecule has 17 heavy (non-hydrogen) atoms. The van der Waals surface area contributed by atoms with E-state index in [-0.39, 0.29) is 5.56 Å². The molecule has 0 spiro atoms. The summed E-state index contributed by atoms with van der Waals surface area (Å²) >= 11 is 1.52. The topological polar surface area (TPSA) is 45.8 Å². The van der Waals surface area contributed by atoms with Gasteiger partial charge in [-0.1, -0.05) is 12.1 Å². The largest absolute Gasteiger partial charge is 0.319 e. The number of aryl methyl sites for hydroxylation is 1. The molecule has 84 valence electrons. The van der Waals surface area contributed by atoms with Crippen molar-refractivity contribution in [1.29, 1.82) is 0 Å². The van der Waals surface area contributed by atoms with E-state index in [1.54, 1.807) is 0 Å². The Bertz CT molecular complexity index is 729. The molecule has 0 saturated heterocycles. The average Bonchev–Trinajstić information content (AvgIpc) is 2.82. The number of nitrogens with one attached hydrogen (secondary N) is 1. The Labute approximate surface area is 102 Å². The number of H-pyrrole nitrogens is 1. The lowest BCUT2D eigenvalue weighted by Crippen LogP contribution is -2.10. The highest BCUT2D eigenvalue weighted by atomic mass is 32.1. The number of hydrogen-bond acceptors (Lipinski definition) is 3. The van der Waals surface area contributed by atoms with Gasteiger partial charge in [0.2, 0.25) is 0 Å². The van der Waals surface area contributed by atoms with Crippen LogP contribution in [0.4, 0.5) is 0 Å². The fraction of sp³-hybridized carbons (Fsp3) is 0.0769. The first-order valence-electron chi connectivity index (χ1n) is 5.28. The summed E-state index contributed by atoms with van der Waals surface area (Å²) in [4.78, 5) is 20.1. The zero-order valence-corrected chi connectivity index (χ0v) is 10.0. The van der Waals surface area contributed by atoms with Crippen LogP contribution in [0.3, 0.4) is 0 Å². The standard InChI is InChI=1S/C13H10N2OS/c1-8-4-5-9-10(7-8)14-12(13(16)15-9)11-3-2-6-17-11/h2-7H,1H3,(H,15,16). The van der Waals surface area contributed by atoms with Crippen molar-refractivity contribution in [2.24, 2.45) is 0 Å². The van der Waals surface area contributed by atoms with E-state index in [4.69, 9.17) is 0 Å². The van der Waals surface area contributed by atoms with Crippen LogP contribution in [0.1, 0.15) is 5.56 Å². The normalized spacial score (nSPS) is 10.9. The molecule has 0 atom stereocenters. The van der Waals surface area contributed by atoms with E-state index in [0.717, 1.165) is 21.5 Å². The molecule has 2 heterocycles. The summed E-state index contributed by atoms with van der Waals surface area (Å²) in [6.07, 6.45) is 0. The Morgan fingerprint density at radius 3 is 2.94 bits per heavy atom. The van der Waals surface area contributed by atoms with Gasteiger partial charge in [0.15, 0.2) is 0 Å². The number of thiophene rings is 1. The first-order valence-corrected chi connectivity index (χ1v) is 6.16. The lowest BCUT2D eigenvalue weighted by atomic mass is 10.2. The van der Waals surface area contributed by atoms with Crippen molar-refractivity contribution in [2.75, 3.05) is 0 Å². The molecule has 3 rings (SSSR count). The Morgan fingerprint density at radius 1 is 1.29 bits per heavy atom. The highest BCUT2D eigenvalue weighted by Crippen LogP contribution is 2.21. The second-order valence-electron chi connectivity index (χ2n) is 3.91. The summed E-state index contributed by atoms with van der Waals surface area (Å²) in [5.41, 5.74) is 3.10. The van der Waals surface area contributed by atoms with Crippen LogP contribution in [0, 0.1) is 6.92 Å². The smallest absolute Gasteiger partial charge is 0.275 e. The number of hydrogen-bond donors (Lipinski definition) is 1. The molecular weight excluding hydrogens is 232 g/mol. The minimum Gasteiger partial charge on any atom is -0.319 e. The molecule has 0 radical (unpaired) electrons. The van der Waals surface area contributed by atoms with Crippen LogP contribution in [0.5, 0.6) is 0 Å². The molecule has 0 bridgehead atoms. The summed E-state index contributed by atoms with van der Waals surface area (Å²) in [6, 6.07) is 9.65. The minimum atomic E-state index is -0.135. The molecule has 1 N–H and O–H groups in total. The number of rotatable bonds is 1. The van der Waals surface area contributed by atoms with Crippen molar-refractivity contribution in [3.05, 3.63) is 51.6 Å². The summed E-state index contributed by atoms with van der Waals surface area (Å²) in [6.45, 7) is 2.01. The SMILES string of the molecule is Cc1ccc2[nH]c(=O)c(-c3cccs3)nc2c1. The predicted molar refractivity (Wildman–Crippen MR) is 70.4 cm³/mol. The number of nitrogens with zero attached hydrogens (tertiary/aromatic N) is 1. The van der Waals surface area contributed by atoms with E-state index in [9.17, 15) is 4.79 Å². The van der Waals surface area contributed by atoms with Gasteiger partial charge in [0, 0.05) is 0 Å². The lowest BCUT2D eigenvalue weighted by Gasteiger charge is -2.01. The Kier molecular flexibility index (Phi) is 2.30. The van der Waals surface area contributed by atoms with E-state index in [1.807, 2.05) is 42.6 Å². The van der Waals surface area contributed by atoms with Crippen LogP contribution in [0.2, 0.25) is 0 Å². The van der Waals surface area contributed by atoms with Crippen molar-refractivity contribution >= 4 is 22.4 Å². The van der Waals surface area contributed by atoms with Gasteiger partial charge in [0.1, 0.15) is 5.69 Å². The molecule has 3 nitrogen and oxygen atoms in total. The van der Waals surface area contributed by atoms with Crippen molar-refractivity contribution in [1.82, 2.24) is 9.97 Å². The third-order valence-corrected chi connectivity index (χ3v) is 3.48. The Morgan fingerprint density at radius 2 is 2.18 bits per heavy atom. The Balaban J connectivity index is 2.33. The van der Waals surface area contributed by atoms with Gasteiger partial charge in [-0.15, -0.1) is 11.3 Å². The maximum atomic E-state index is 11.9. The van der Waals surface area contributed by atoms with Crippen LogP contribution in [-0.4, -0.2) is 9.97 Å². The molecule has 0 aliphatic rings. The third-order valence-electron chi connectivity index (χ3n) is 2.60. The highest BCUT2D eigenvalue weighted by Gasteiger charge is 2.07. The third kappa shape index (κ3) is 1.76. The number of fused-ring (bicyclic) bond motifs is 1. The van der Waals surface area contributed by atoms with Gasteiger partial charge < -0.3 is 4.98 Å². The molecule has 0 aliphatic heterocycles. The summed E-state index contributed by atoms with van der Waals surface area (Å²) in [7, 11) is 0. The molecule has 0 aliphatic carbocycles. The maximum Gasteiger partial charge on any atom is 0.275 e. The molecule has 3 aromatic rings. The maximum absolute atomic E-state index is 11.9. The molecule has 0 fully saturated rings. The first kappa shape index (κ1) is 10.2. The van der Waals surface area contributed by atoms with Crippen molar-refractivity contribution in [3.8, 4) is 10.6 Å². The molecular formula is C13H10N2OS. The molecule has 1 aromatic carbocycles. The van der Waals surface area contributed by atoms with Gasteiger partial charge in [-0.05, 0) is 36.1 Å². The summed E-state index contributed by atoms with van der Waals surface area (Å²) in [5, 5.41) is 1.94. The van der Waals surface area contributed by atoms with E-state index in [1.165, 1.54) is 11.3 Å². The average molecular weight is 242 g/mol. The first-order chi connectivity index (χ1) is 8.24. The van der Waals surface area contributed by atoms with E-state index < -0.39 is 0 Å². The van der Waals surface area contributed by atoms with Gasteiger partial charge in [0.05, 0.1) is 15.9 Å². The molecule has 4 heteroatoms. The van der Waals surface area contributed by atoms with Gasteiger partial charge in [-0.2, -0.15) is 0 Å². The summed E-state index contributed by atoms with van der Waals surface area (Å²) in [5.74, 6) is 0. The van der Waals surface area contributed by atoms with Crippen LogP contribution in [0.15, 0.2) is 40.5 Å². The lowest BCUT2D eigenvalue weighted by molar-refractivity contribution is 1.22. The molecule has 0 saturated carbocycles. The minimum absolute atomic E-state index is 0.135. The summed E-state index contributed by atoms with van der Waals surface area (Å²) < 4.78 is 0. The number of aromatic nitrogens is 2. The van der Waals surface area contributed by atoms with E-state index >= 15 is 0 Å². The highest BCUT2D eigenvalue weighted by molar-refractivity contribution is 7.13. The van der Waals surface area contributed by atoms with Gasteiger partial charge in [-0.3, -0.25) is 4.79 Å². The van der Waals surface area contributed by atoms with Crippen LogP contribution in [-0.2, 0) is 0 Å². The second-order valence-corrected chi connectivity index (χ2v) is 4.86. The predicted octanol–water partition coefficient (Wildman–Crippen LogP) is 2.96. The van der Waals surface area contributed by atoms with Crippen LogP contribution in [0.25, 0.3) is 21.6 Å². The molecule has 0 amide bonds. The van der Waals surface area contributed by atoms with Crippen LogP contribution < -0.4 is 5.56 Å². The number of benzene rings is 1. The quantitative estimate of drug-likeness (QED) is 0.713. The van der Waals surface area contributed by atoms with E-state index in [2.05, 4.69) is 9.97 Å². The van der Waals surface area contributed by atoms with E-state index in [0.29, 0.717) is 5.69 Å². The zero-order chi connectivity index (χ0) is 11.8. The second kappa shape index (κ2) is 3.82. The van der Waals surface area contributed by atoms with Gasteiger partial charge >= 0.3 is 0 Å². The van der Waals surface area contributed by atoms with Crippen LogP contribution >= 0.6 is 11.3 Å². The molecule has 2 aromatic heterocycles.